The average molecular weight is 304 g/mol. The Morgan fingerprint density at radius 1 is 1.32 bits per heavy atom. The molecule has 0 spiro atoms. The molecule has 2 N–H and O–H groups in total. The highest BCUT2D eigenvalue weighted by molar-refractivity contribution is 5.69. The summed E-state index contributed by atoms with van der Waals surface area (Å²) in [7, 11) is 1.45. The molecule has 1 aromatic carbocycles. The number of methoxy groups -OCH3 is 1. The van der Waals surface area contributed by atoms with E-state index in [2.05, 4.69) is 29.2 Å². The summed E-state index contributed by atoms with van der Waals surface area (Å²) in [5.74, 6) is -0.122. The molecule has 1 unspecified atom stereocenters. The molecule has 1 aromatic rings. The Hall–Kier alpha value is -1.39. The van der Waals surface area contributed by atoms with E-state index in [1.165, 1.54) is 37.5 Å². The van der Waals surface area contributed by atoms with Gasteiger partial charge < -0.3 is 10.5 Å². The first kappa shape index (κ1) is 17.0. The molecular formula is C18H28N2O2. The normalized spacial score (nSPS) is 17.3. The molecule has 0 heterocycles. The van der Waals surface area contributed by atoms with Crippen LogP contribution in [0.3, 0.4) is 0 Å². The Bertz CT molecular complexity index is 476. The van der Waals surface area contributed by atoms with Gasteiger partial charge in [0.25, 0.3) is 0 Å². The van der Waals surface area contributed by atoms with E-state index in [0.29, 0.717) is 19.0 Å². The van der Waals surface area contributed by atoms with Crippen molar-refractivity contribution < 1.29 is 9.53 Å². The summed E-state index contributed by atoms with van der Waals surface area (Å²) in [5, 5.41) is 0. The lowest BCUT2D eigenvalue weighted by molar-refractivity contribution is -0.140. The van der Waals surface area contributed by atoms with Crippen LogP contribution >= 0.6 is 0 Å². The summed E-state index contributed by atoms with van der Waals surface area (Å²) < 4.78 is 4.74. The number of ether oxygens (including phenoxy) is 1. The summed E-state index contributed by atoms with van der Waals surface area (Å²) in [6.07, 6.45) is 5.94. The number of hydrogen-bond acceptors (Lipinski definition) is 4. The lowest BCUT2D eigenvalue weighted by Crippen LogP contribution is -2.34. The summed E-state index contributed by atoms with van der Waals surface area (Å²) in [6, 6.07) is 9.23. The van der Waals surface area contributed by atoms with Crippen LogP contribution in [0, 0.1) is 0 Å². The molecule has 4 nitrogen and oxygen atoms in total. The van der Waals surface area contributed by atoms with Gasteiger partial charge in [-0.1, -0.05) is 24.3 Å². The molecule has 0 fully saturated rings. The van der Waals surface area contributed by atoms with Crippen molar-refractivity contribution in [3.63, 3.8) is 0 Å². The summed E-state index contributed by atoms with van der Waals surface area (Å²) in [4.78, 5) is 13.8. The number of carbonyl (C=O) groups is 1. The van der Waals surface area contributed by atoms with Crippen molar-refractivity contribution >= 4 is 5.97 Å². The Labute approximate surface area is 133 Å². The number of aryl methyl sites for hydroxylation is 1. The van der Waals surface area contributed by atoms with Gasteiger partial charge in [-0.25, -0.2) is 0 Å². The van der Waals surface area contributed by atoms with Gasteiger partial charge in [-0.2, -0.15) is 0 Å². The average Bonchev–Trinajstić information content (AvgIpc) is 2.57. The van der Waals surface area contributed by atoms with E-state index in [9.17, 15) is 4.79 Å². The second kappa shape index (κ2) is 8.91. The Morgan fingerprint density at radius 3 is 2.86 bits per heavy atom. The standard InChI is InChI=1S/C18H28N2O2/c1-22-18(21)11-5-13-20(14-6-12-19)17-10-4-8-15-7-2-3-9-16(15)17/h2-3,7,9,17H,4-6,8,10-14,19H2,1H3. The third-order valence-corrected chi connectivity index (χ3v) is 4.48. The largest absolute Gasteiger partial charge is 0.469 e. The van der Waals surface area contributed by atoms with Gasteiger partial charge in [0.15, 0.2) is 0 Å². The van der Waals surface area contributed by atoms with Gasteiger partial charge >= 0.3 is 5.97 Å². The first-order chi connectivity index (χ1) is 10.8. The maximum Gasteiger partial charge on any atom is 0.305 e. The second-order valence-electron chi connectivity index (χ2n) is 5.96. The lowest BCUT2D eigenvalue weighted by Gasteiger charge is -2.36. The molecule has 2 rings (SSSR count). The molecule has 0 bridgehead atoms. The quantitative estimate of drug-likeness (QED) is 0.750. The molecule has 1 aliphatic carbocycles. The number of carbonyl (C=O) groups excluding carboxylic acids is 1. The molecule has 1 atom stereocenters. The van der Waals surface area contributed by atoms with Gasteiger partial charge in [0.05, 0.1) is 7.11 Å². The fraction of sp³-hybridized carbons (Fsp3) is 0.611. The topological polar surface area (TPSA) is 55.6 Å². The minimum Gasteiger partial charge on any atom is -0.469 e. The number of benzene rings is 1. The third-order valence-electron chi connectivity index (χ3n) is 4.48. The van der Waals surface area contributed by atoms with Crippen LogP contribution in [0.15, 0.2) is 24.3 Å². The van der Waals surface area contributed by atoms with E-state index in [1.807, 2.05) is 0 Å². The van der Waals surface area contributed by atoms with Crippen molar-refractivity contribution in [3.8, 4) is 0 Å². The smallest absolute Gasteiger partial charge is 0.305 e. The maximum atomic E-state index is 11.3. The molecule has 4 heteroatoms. The van der Waals surface area contributed by atoms with Gasteiger partial charge in [-0.3, -0.25) is 9.69 Å². The molecular weight excluding hydrogens is 276 g/mol. The van der Waals surface area contributed by atoms with E-state index < -0.39 is 0 Å². The van der Waals surface area contributed by atoms with Gasteiger partial charge in [0.2, 0.25) is 0 Å². The van der Waals surface area contributed by atoms with Gasteiger partial charge in [-0.15, -0.1) is 0 Å². The number of nitrogens with two attached hydrogens (primary N) is 1. The minimum atomic E-state index is -0.122. The minimum absolute atomic E-state index is 0.122. The van der Waals surface area contributed by atoms with Crippen LogP contribution in [-0.4, -0.2) is 37.6 Å². The van der Waals surface area contributed by atoms with Crippen LogP contribution in [0.1, 0.15) is 49.3 Å². The summed E-state index contributed by atoms with van der Waals surface area (Å²) in [6.45, 7) is 2.63. The van der Waals surface area contributed by atoms with Crippen LogP contribution in [-0.2, 0) is 16.0 Å². The Kier molecular flexibility index (Phi) is 6.87. The molecule has 0 saturated heterocycles. The molecule has 0 aliphatic heterocycles. The van der Waals surface area contributed by atoms with Gasteiger partial charge in [0.1, 0.15) is 0 Å². The third kappa shape index (κ3) is 4.55. The lowest BCUT2D eigenvalue weighted by atomic mass is 9.86. The zero-order valence-corrected chi connectivity index (χ0v) is 13.6. The fourth-order valence-electron chi connectivity index (χ4n) is 3.35. The van der Waals surface area contributed by atoms with Crippen molar-refractivity contribution in [2.75, 3.05) is 26.7 Å². The van der Waals surface area contributed by atoms with Crippen molar-refractivity contribution in [2.24, 2.45) is 5.73 Å². The first-order valence-electron chi connectivity index (χ1n) is 8.35. The van der Waals surface area contributed by atoms with Crippen molar-refractivity contribution in [1.29, 1.82) is 0 Å². The van der Waals surface area contributed by atoms with Crippen LogP contribution in [0.5, 0.6) is 0 Å². The Balaban J connectivity index is 2.03. The van der Waals surface area contributed by atoms with E-state index in [-0.39, 0.29) is 5.97 Å². The number of fused-ring (bicyclic) bond motifs is 1. The van der Waals surface area contributed by atoms with Gasteiger partial charge in [-0.05, 0) is 62.9 Å². The predicted octanol–water partition coefficient (Wildman–Crippen LogP) is 2.67. The van der Waals surface area contributed by atoms with E-state index in [0.717, 1.165) is 25.9 Å². The van der Waals surface area contributed by atoms with Crippen LogP contribution in [0.4, 0.5) is 0 Å². The van der Waals surface area contributed by atoms with Crippen LogP contribution in [0.2, 0.25) is 0 Å². The number of nitrogens with zero attached hydrogens (tertiary/aromatic N) is 1. The van der Waals surface area contributed by atoms with E-state index >= 15 is 0 Å². The molecule has 0 amide bonds. The van der Waals surface area contributed by atoms with Crippen molar-refractivity contribution in [2.45, 2.75) is 44.6 Å². The van der Waals surface area contributed by atoms with Crippen LogP contribution in [0.25, 0.3) is 0 Å². The summed E-state index contributed by atoms with van der Waals surface area (Å²) >= 11 is 0. The first-order valence-corrected chi connectivity index (χ1v) is 8.35. The molecule has 0 aromatic heterocycles. The van der Waals surface area contributed by atoms with E-state index in [4.69, 9.17) is 10.5 Å². The zero-order valence-electron chi connectivity index (χ0n) is 13.6. The van der Waals surface area contributed by atoms with E-state index in [1.54, 1.807) is 0 Å². The monoisotopic (exact) mass is 304 g/mol. The van der Waals surface area contributed by atoms with Crippen molar-refractivity contribution in [1.82, 2.24) is 4.90 Å². The zero-order chi connectivity index (χ0) is 15.8. The highest BCUT2D eigenvalue weighted by atomic mass is 16.5. The highest BCUT2D eigenvalue weighted by Gasteiger charge is 2.25. The Morgan fingerprint density at radius 2 is 2.09 bits per heavy atom. The number of esters is 1. The van der Waals surface area contributed by atoms with Crippen LogP contribution < -0.4 is 5.73 Å². The van der Waals surface area contributed by atoms with Crippen molar-refractivity contribution in [3.05, 3.63) is 35.4 Å². The SMILES string of the molecule is COC(=O)CCCN(CCCN)C1CCCc2ccccc21. The number of hydrogen-bond donors (Lipinski definition) is 1. The molecule has 1 aliphatic rings. The molecule has 0 saturated carbocycles. The molecule has 0 radical (unpaired) electrons. The maximum absolute atomic E-state index is 11.3. The highest BCUT2D eigenvalue weighted by Crippen LogP contribution is 2.34. The van der Waals surface area contributed by atoms with Gasteiger partial charge in [0, 0.05) is 12.5 Å². The second-order valence-corrected chi connectivity index (χ2v) is 5.96. The summed E-state index contributed by atoms with van der Waals surface area (Å²) in [5.41, 5.74) is 8.64. The molecule has 22 heavy (non-hydrogen) atoms. The fourth-order valence-corrected chi connectivity index (χ4v) is 3.35. The number of rotatable bonds is 8. The predicted molar refractivity (Wildman–Crippen MR) is 88.6 cm³/mol. The molecule has 122 valence electrons.